The van der Waals surface area contributed by atoms with Crippen molar-refractivity contribution in [3.63, 3.8) is 0 Å². The van der Waals surface area contributed by atoms with Crippen LogP contribution in [0.1, 0.15) is 84.1 Å². The molecule has 7 rings (SSSR count). The summed E-state index contributed by atoms with van der Waals surface area (Å²) in [4.78, 5) is 71.1. The van der Waals surface area contributed by atoms with Gasteiger partial charge in [-0.1, -0.05) is 76.1 Å². The second-order valence-corrected chi connectivity index (χ2v) is 20.6. The van der Waals surface area contributed by atoms with Crippen molar-refractivity contribution in [3.05, 3.63) is 54.1 Å². The summed E-state index contributed by atoms with van der Waals surface area (Å²) in [5, 5.41) is 85.0. The van der Waals surface area contributed by atoms with Gasteiger partial charge in [-0.2, -0.15) is 34.6 Å². The highest BCUT2D eigenvalue weighted by molar-refractivity contribution is 7.45. The number of nitrogens with one attached hydrogen (secondary N) is 2. The predicted molar refractivity (Wildman–Crippen MR) is 269 cm³/mol. The molecule has 9 N–H and O–H groups in total. The van der Waals surface area contributed by atoms with E-state index in [1.165, 1.54) is 0 Å². The van der Waals surface area contributed by atoms with Gasteiger partial charge in [0.1, 0.15) is 60.2 Å². The van der Waals surface area contributed by atoms with E-state index in [2.05, 4.69) is 43.6 Å². The third-order valence-corrected chi connectivity index (χ3v) is 14.7. The number of aliphatic hydroxyl groups excluding tert-OH is 7. The molecule has 0 bridgehead atoms. The number of nitrogens with zero attached hydrogens (tertiary/aromatic N) is 3. The molecule has 7 unspecified atom stereocenters. The van der Waals surface area contributed by atoms with Gasteiger partial charge in [-0.15, -0.1) is 0 Å². The lowest BCUT2D eigenvalue weighted by molar-refractivity contribution is -0.327. The molecule has 1 aliphatic carbocycles. The highest BCUT2D eigenvalue weighted by atomic mass is 31.2. The number of hydrogen-bond acceptors (Lipinski definition) is 24. The highest BCUT2D eigenvalue weighted by Crippen LogP contribution is 2.41. The van der Waals surface area contributed by atoms with Crippen LogP contribution in [0.3, 0.4) is 0 Å². The van der Waals surface area contributed by atoms with E-state index in [9.17, 15) is 54.8 Å². The number of ether oxygens (including phenoxy) is 5. The summed E-state index contributed by atoms with van der Waals surface area (Å²) in [7, 11) is -3.11. The van der Waals surface area contributed by atoms with Gasteiger partial charge >= 0.3 is 12.3 Å². The number of hydrogen-bond donors (Lipinski definition) is 9. The number of phosphoric acid groups is 1. The normalized spacial score (nSPS) is 28.7. The van der Waals surface area contributed by atoms with Crippen molar-refractivity contribution in [2.24, 2.45) is 11.8 Å². The van der Waals surface area contributed by atoms with Crippen LogP contribution < -0.4 is 15.1 Å². The summed E-state index contributed by atoms with van der Waals surface area (Å²) in [6.45, 7) is 6.58. The van der Waals surface area contributed by atoms with Crippen LogP contribution in [-0.4, -0.2) is 189 Å². The van der Waals surface area contributed by atoms with Crippen LogP contribution in [0.2, 0.25) is 0 Å². The average molecular weight is 1140 g/mol. The van der Waals surface area contributed by atoms with Gasteiger partial charge in [0.15, 0.2) is 12.6 Å². The van der Waals surface area contributed by atoms with E-state index >= 15 is 0 Å². The van der Waals surface area contributed by atoms with Crippen molar-refractivity contribution in [2.45, 2.75) is 159 Å². The summed E-state index contributed by atoms with van der Waals surface area (Å²) in [5.74, 6) is 0.194. The second-order valence-electron chi connectivity index (χ2n) is 19.1. The lowest BCUT2D eigenvalue weighted by atomic mass is 9.78. The first-order valence-corrected chi connectivity index (χ1v) is 27.3. The fourth-order valence-electron chi connectivity index (χ4n) is 9.18. The third kappa shape index (κ3) is 19.3. The minimum atomic E-state index is -4.17. The van der Waals surface area contributed by atoms with Gasteiger partial charge in [0, 0.05) is 44.2 Å². The molecular formula is C51H73N5O22P-. The van der Waals surface area contributed by atoms with Crippen molar-refractivity contribution in [2.75, 3.05) is 45.0 Å². The molecule has 2 saturated heterocycles. The standard InChI is InChI=1S/C26H32N5O6P.C23H42O12.2CO2/c1-36-38(34,35)37-17-9-3-2-8-16-27-23(32)14-15-24(33)31-18-19-10-4-5-11-20(19)25-26(29-30-28-25)21-12-6-7-13-22(21)31;1-4-5-31-22-20(29)19(28)17(26)15(35-22)9-32-12-6-10(2)11(3)7-13(12)33-23-21(30)18(27)16(25)14(8-24)34-23;2*2-1-3/h4-7,10-13H,2-3,8-9,14-18H2,1H3,(H,27,32)(H,34,35)(H,28,29,30);10-30H,4-9H2,1-3H3;;/p-1/t;10?,11-,12-,13?,14?,15?,16+,17+,18-,19-,20?,21?,22-,23-;;/m.0../s1. The van der Waals surface area contributed by atoms with E-state index < -0.39 is 88.0 Å². The van der Waals surface area contributed by atoms with E-state index in [-0.39, 0.29) is 62.0 Å². The zero-order valence-corrected chi connectivity index (χ0v) is 45.2. The molecule has 1 aromatic heterocycles. The zero-order valence-electron chi connectivity index (χ0n) is 44.4. The van der Waals surface area contributed by atoms with Crippen molar-refractivity contribution >= 4 is 37.6 Å². The van der Waals surface area contributed by atoms with Crippen molar-refractivity contribution in [1.82, 2.24) is 20.7 Å². The molecule has 4 heterocycles. The van der Waals surface area contributed by atoms with Gasteiger partial charge in [0.25, 0.3) is 7.82 Å². The smallest absolute Gasteiger partial charge is 0.373 e. The lowest BCUT2D eigenvalue weighted by Crippen LogP contribution is -2.61. The van der Waals surface area contributed by atoms with Gasteiger partial charge < -0.3 is 83.6 Å². The van der Waals surface area contributed by atoms with E-state index in [1.807, 2.05) is 55.5 Å². The first-order valence-electron chi connectivity index (χ1n) is 25.9. The largest absolute Gasteiger partial charge is 0.756 e. The molecule has 27 nitrogen and oxygen atoms in total. The minimum Gasteiger partial charge on any atom is -0.756 e. The maximum absolute atomic E-state index is 13.4. The number of phosphoric ester groups is 1. The van der Waals surface area contributed by atoms with Gasteiger partial charge in [-0.3, -0.25) is 14.2 Å². The Morgan fingerprint density at radius 2 is 1.33 bits per heavy atom. The molecule has 3 aliphatic heterocycles. The first-order chi connectivity index (χ1) is 37.8. The summed E-state index contributed by atoms with van der Waals surface area (Å²) >= 11 is 0. The Bertz CT molecular complexity index is 2430. The van der Waals surface area contributed by atoms with E-state index in [0.29, 0.717) is 51.1 Å². The number of aromatic amines is 1. The highest BCUT2D eigenvalue weighted by Gasteiger charge is 2.48. The van der Waals surface area contributed by atoms with Crippen LogP contribution in [0.25, 0.3) is 22.5 Å². The maximum atomic E-state index is 13.4. The van der Waals surface area contributed by atoms with E-state index in [0.717, 1.165) is 54.4 Å². The van der Waals surface area contributed by atoms with Crippen molar-refractivity contribution in [1.29, 1.82) is 0 Å². The quantitative estimate of drug-likeness (QED) is 0.0510. The Labute approximate surface area is 456 Å². The number of aromatic nitrogens is 3. The molecule has 440 valence electrons. The molecule has 28 heteroatoms. The number of aliphatic hydroxyl groups is 7. The number of benzene rings is 2. The van der Waals surface area contributed by atoms with E-state index in [4.69, 9.17) is 42.9 Å². The number of fused-ring (bicyclic) bond motifs is 5. The van der Waals surface area contributed by atoms with Crippen molar-refractivity contribution < 1.29 is 107 Å². The van der Waals surface area contributed by atoms with Crippen LogP contribution >= 0.6 is 7.82 Å². The molecule has 2 aromatic carbocycles. The number of carbonyl (C=O) groups is 2. The number of H-pyrrole nitrogens is 1. The van der Waals surface area contributed by atoms with E-state index in [1.54, 1.807) is 4.90 Å². The van der Waals surface area contributed by atoms with Crippen LogP contribution in [0, 0.1) is 11.8 Å². The Balaban J connectivity index is 0.000000311. The zero-order chi connectivity index (χ0) is 58.2. The molecule has 15 atom stereocenters. The predicted octanol–water partition coefficient (Wildman–Crippen LogP) is 0.263. The SMILES string of the molecule is CCCO[C@H]1OC(CO[C@H]2CC(C)[C@@H](C)CC2O[C@H]2OC(CO)[C@@H](O)[C@H](O)C2O)[C@@H](O)[C@H](O)C1O.COP(=O)([O-])OCCCCCCNC(=O)CCC(=O)N1Cc2ccccc2-c2n[nH]nc2-c2ccccc21.O=C=O.O=C=O. The minimum absolute atomic E-state index is 0.0695. The Morgan fingerprint density at radius 1 is 0.759 bits per heavy atom. The van der Waals surface area contributed by atoms with Gasteiger partial charge in [0.2, 0.25) is 11.8 Å². The lowest BCUT2D eigenvalue weighted by Gasteiger charge is -2.45. The molecular weight excluding hydrogens is 1070 g/mol. The molecule has 2 amide bonds. The first kappa shape index (κ1) is 66.4. The summed E-state index contributed by atoms with van der Waals surface area (Å²) in [5.41, 5.74) is 4.80. The van der Waals surface area contributed by atoms with Gasteiger partial charge in [-0.05, 0) is 55.6 Å². The third-order valence-electron chi connectivity index (χ3n) is 13.7. The van der Waals surface area contributed by atoms with Crippen molar-refractivity contribution in [3.8, 4) is 22.5 Å². The molecule has 79 heavy (non-hydrogen) atoms. The summed E-state index contributed by atoms with van der Waals surface area (Å²) in [6, 6.07) is 15.4. The Kier molecular flexibility index (Phi) is 28.3. The molecule has 3 fully saturated rings. The maximum Gasteiger partial charge on any atom is 0.373 e. The number of para-hydroxylation sites is 1. The second kappa shape index (κ2) is 33.6. The van der Waals surface area contributed by atoms with Gasteiger partial charge in [0.05, 0.1) is 44.3 Å². The number of amides is 2. The molecule has 0 radical (unpaired) electrons. The van der Waals surface area contributed by atoms with Gasteiger partial charge in [-0.25, -0.2) is 0 Å². The monoisotopic (exact) mass is 1140 g/mol. The summed E-state index contributed by atoms with van der Waals surface area (Å²) < 4.78 is 48.7. The number of rotatable bonds is 21. The molecule has 0 spiro atoms. The molecule has 4 aliphatic rings. The topological polar surface area (TPSA) is 406 Å². The summed E-state index contributed by atoms with van der Waals surface area (Å²) in [6.07, 6.45) is -8.94. The number of anilines is 1. The van der Waals surface area contributed by atoms with Crippen LogP contribution in [0.15, 0.2) is 48.5 Å². The molecule has 1 saturated carbocycles. The van der Waals surface area contributed by atoms with Crippen LogP contribution in [0.4, 0.5) is 5.69 Å². The van der Waals surface area contributed by atoms with Crippen LogP contribution in [-0.2, 0) is 72.6 Å². The average Bonchev–Trinajstić information content (AvgIpc) is 4.00. The Morgan fingerprint density at radius 3 is 1.97 bits per heavy atom. The molecule has 3 aromatic rings. The fourth-order valence-corrected chi connectivity index (χ4v) is 9.64. The fraction of sp³-hybridized carbons (Fsp3) is 0.647. The number of unbranched alkanes of at least 4 members (excludes halogenated alkanes) is 3. The Hall–Kier alpha value is -5.09. The van der Waals surface area contributed by atoms with Crippen LogP contribution in [0.5, 0.6) is 0 Å². The number of carbonyl (C=O) groups excluding carboxylic acids is 6.